The molecule has 11 rings (SSSR count). The van der Waals surface area contributed by atoms with Gasteiger partial charge in [0.25, 0.3) is 5.56 Å². The third-order valence-corrected chi connectivity index (χ3v) is 15.1. The molecule has 0 radical (unpaired) electrons. The zero-order valence-corrected chi connectivity index (χ0v) is 37.1. The van der Waals surface area contributed by atoms with Gasteiger partial charge in [0.05, 0.1) is 46.3 Å². The van der Waals surface area contributed by atoms with E-state index < -0.39 is 35.9 Å². The van der Waals surface area contributed by atoms with Gasteiger partial charge in [0.1, 0.15) is 10.8 Å². The number of aryl methyl sites for hydroxylation is 2. The van der Waals surface area contributed by atoms with E-state index >= 15 is 13.2 Å². The lowest BCUT2D eigenvalue weighted by molar-refractivity contribution is -0.134. The summed E-state index contributed by atoms with van der Waals surface area (Å²) in [5.74, 6) is -3.95. The second-order valence-corrected chi connectivity index (χ2v) is 19.6. The van der Waals surface area contributed by atoms with Crippen LogP contribution in [0.3, 0.4) is 0 Å². The molecule has 7 heterocycles. The lowest BCUT2D eigenvalue weighted by Gasteiger charge is -2.54. The topological polar surface area (TPSA) is 155 Å². The Balaban J connectivity index is 0.702. The van der Waals surface area contributed by atoms with Gasteiger partial charge in [-0.3, -0.25) is 29.3 Å². The second-order valence-electron chi connectivity index (χ2n) is 19.2. The molecule has 4 aliphatic heterocycles. The summed E-state index contributed by atoms with van der Waals surface area (Å²) < 4.78 is 54.7. The van der Waals surface area contributed by atoms with Crippen molar-refractivity contribution in [3.63, 3.8) is 0 Å². The maximum absolute atomic E-state index is 15.8. The van der Waals surface area contributed by atoms with E-state index in [4.69, 9.17) is 26.4 Å². The van der Waals surface area contributed by atoms with Gasteiger partial charge in [0.15, 0.2) is 12.4 Å². The van der Waals surface area contributed by atoms with Crippen LogP contribution >= 0.6 is 11.6 Å². The molecule has 2 saturated carbocycles. The van der Waals surface area contributed by atoms with Crippen LogP contribution in [0.1, 0.15) is 63.0 Å². The number of benzene rings is 2. The van der Waals surface area contributed by atoms with Crippen LogP contribution in [0.15, 0.2) is 41.3 Å². The van der Waals surface area contributed by atoms with Crippen LogP contribution in [-0.2, 0) is 23.7 Å². The predicted octanol–water partition coefficient (Wildman–Crippen LogP) is 6.31. The fourth-order valence-corrected chi connectivity index (χ4v) is 11.1. The van der Waals surface area contributed by atoms with Crippen molar-refractivity contribution in [1.29, 1.82) is 0 Å². The number of carbonyl (C=O) groups excluding carboxylic acids is 2. The highest BCUT2D eigenvalue weighted by Crippen LogP contribution is 2.48. The number of ether oxygens (including phenoxy) is 1. The molecule has 342 valence electrons. The molecular formula is C46H51ClF3N11O4. The summed E-state index contributed by atoms with van der Waals surface area (Å²) in [4.78, 5) is 54.0. The van der Waals surface area contributed by atoms with E-state index in [1.165, 1.54) is 29.9 Å². The van der Waals surface area contributed by atoms with Crippen LogP contribution < -0.4 is 36.0 Å². The van der Waals surface area contributed by atoms with Crippen molar-refractivity contribution in [3.8, 4) is 5.75 Å². The SMILES string of the molecule is Cn1nc(C2CCC(=O)NC2=O)c2ccc(N3CCN(CC4CCC5(CC4)CN(c4ncc(Cl)c(Nc6cc7c8c(c(=O)n(C)c7cc6F)OCC(F)(F)C(C6CC6)N8)n4)C5)CC3)cc21. The largest absolute Gasteiger partial charge is 0.480 e. The fraction of sp³-hybridized carbons (Fsp3) is 0.522. The zero-order valence-electron chi connectivity index (χ0n) is 36.3. The molecule has 1 spiro atoms. The number of nitrogens with one attached hydrogen (secondary N) is 3. The molecular weight excluding hydrogens is 863 g/mol. The zero-order chi connectivity index (χ0) is 44.9. The number of alkyl halides is 2. The smallest absolute Gasteiger partial charge is 0.301 e. The number of piperidine rings is 1. The number of fused-ring (bicyclic) bond motifs is 4. The van der Waals surface area contributed by atoms with Crippen molar-refractivity contribution in [2.24, 2.45) is 31.3 Å². The number of aromatic nitrogens is 5. The Kier molecular flexibility index (Phi) is 10.2. The molecule has 3 N–H and O–H groups in total. The summed E-state index contributed by atoms with van der Waals surface area (Å²) in [6.45, 7) is 5.62. The van der Waals surface area contributed by atoms with Gasteiger partial charge in [-0.1, -0.05) is 11.6 Å². The Morgan fingerprint density at radius 2 is 1.71 bits per heavy atom. The highest BCUT2D eigenvalue weighted by atomic mass is 35.5. The van der Waals surface area contributed by atoms with E-state index in [-0.39, 0.29) is 56.6 Å². The Bertz CT molecular complexity index is 2810. The Morgan fingerprint density at radius 3 is 2.45 bits per heavy atom. The molecule has 2 atom stereocenters. The number of hydrogen-bond acceptors (Lipinski definition) is 12. The quantitative estimate of drug-likeness (QED) is 0.150. The summed E-state index contributed by atoms with van der Waals surface area (Å²) in [5.41, 5.74) is 2.78. The maximum Gasteiger partial charge on any atom is 0.301 e. The van der Waals surface area contributed by atoms with Crippen molar-refractivity contribution in [2.75, 3.05) is 72.9 Å². The number of piperazine rings is 1. The molecule has 2 unspecified atom stereocenters. The van der Waals surface area contributed by atoms with Gasteiger partial charge in [0, 0.05) is 94.3 Å². The number of carbonyl (C=O) groups is 2. The third-order valence-electron chi connectivity index (χ3n) is 14.9. The van der Waals surface area contributed by atoms with Gasteiger partial charge in [0.2, 0.25) is 23.5 Å². The van der Waals surface area contributed by atoms with Crippen molar-refractivity contribution in [2.45, 2.75) is 69.2 Å². The average Bonchev–Trinajstić information content (AvgIpc) is 4.08. The van der Waals surface area contributed by atoms with Gasteiger partial charge >= 0.3 is 5.92 Å². The lowest BCUT2D eigenvalue weighted by Crippen LogP contribution is -2.58. The van der Waals surface area contributed by atoms with Crippen LogP contribution in [-0.4, -0.2) is 105 Å². The first-order valence-corrected chi connectivity index (χ1v) is 23.1. The molecule has 3 aromatic heterocycles. The monoisotopic (exact) mass is 913 g/mol. The number of nitrogens with zero attached hydrogens (tertiary/aromatic N) is 8. The molecule has 0 bridgehead atoms. The Morgan fingerprint density at radius 1 is 0.938 bits per heavy atom. The van der Waals surface area contributed by atoms with Crippen molar-refractivity contribution >= 4 is 74.0 Å². The van der Waals surface area contributed by atoms with Gasteiger partial charge < -0.3 is 29.7 Å². The summed E-state index contributed by atoms with van der Waals surface area (Å²) in [5, 5.41) is 14.6. The number of anilines is 5. The molecule has 2 amide bonds. The predicted molar refractivity (Wildman–Crippen MR) is 241 cm³/mol. The molecule has 15 nitrogen and oxygen atoms in total. The maximum atomic E-state index is 15.8. The number of imide groups is 1. The van der Waals surface area contributed by atoms with Crippen molar-refractivity contribution in [1.82, 2.24) is 34.5 Å². The lowest BCUT2D eigenvalue weighted by atomic mass is 9.66. The molecule has 5 aromatic rings. The van der Waals surface area contributed by atoms with Crippen LogP contribution in [0.25, 0.3) is 21.8 Å². The van der Waals surface area contributed by atoms with Gasteiger partial charge in [-0.25, -0.2) is 18.2 Å². The van der Waals surface area contributed by atoms with E-state index in [9.17, 15) is 14.4 Å². The van der Waals surface area contributed by atoms with Gasteiger partial charge in [-0.15, -0.1) is 0 Å². The molecule has 65 heavy (non-hydrogen) atoms. The van der Waals surface area contributed by atoms with E-state index in [2.05, 4.69) is 53.8 Å². The summed E-state index contributed by atoms with van der Waals surface area (Å²) in [7, 11) is 3.36. The highest BCUT2D eigenvalue weighted by Gasteiger charge is 2.51. The van der Waals surface area contributed by atoms with Gasteiger partial charge in [-0.05, 0) is 81.0 Å². The number of pyridine rings is 1. The second kappa shape index (κ2) is 15.8. The summed E-state index contributed by atoms with van der Waals surface area (Å²) in [6.07, 6.45) is 8.14. The normalized spacial score (nSPS) is 23.5. The van der Waals surface area contributed by atoms with Gasteiger partial charge in [-0.2, -0.15) is 10.1 Å². The minimum absolute atomic E-state index is 0.0128. The third kappa shape index (κ3) is 7.59. The molecule has 3 saturated heterocycles. The first-order chi connectivity index (χ1) is 31.2. The standard InChI is InChI=1S/C46H51ClF3N11O4/c1-57-34-19-32(48)33(18-30(34)38-39(43(57)64)65-24-46(49,50)40(54-38)26-3-4-26)52-41-31(47)20-51-44(55-41)61-22-45(23-61)11-9-25(10-12-45)21-59-13-15-60(16-14-59)27-5-6-28-35(17-27)58(2)56-37(28)29-7-8-36(62)53-42(29)63/h5-6,17-20,25-26,29,40,54H,3-4,7-16,21-24H2,1-2H3,(H,51,52,55)(H,53,62,63). The van der Waals surface area contributed by atoms with E-state index in [1.807, 2.05) is 11.7 Å². The molecule has 2 aromatic carbocycles. The van der Waals surface area contributed by atoms with Crippen molar-refractivity contribution < 1.29 is 27.5 Å². The number of halogens is 4. The summed E-state index contributed by atoms with van der Waals surface area (Å²) >= 11 is 6.58. The Hall–Kier alpha value is -5.62. The summed E-state index contributed by atoms with van der Waals surface area (Å²) in [6, 6.07) is 7.82. The van der Waals surface area contributed by atoms with E-state index in [0.717, 1.165) is 93.8 Å². The minimum atomic E-state index is -3.20. The first-order valence-electron chi connectivity index (χ1n) is 22.7. The number of hydrogen-bond donors (Lipinski definition) is 3. The Labute approximate surface area is 377 Å². The van der Waals surface area contributed by atoms with Crippen LogP contribution in [0.2, 0.25) is 5.02 Å². The molecule has 5 fully saturated rings. The first kappa shape index (κ1) is 42.0. The van der Waals surface area contributed by atoms with E-state index in [1.54, 1.807) is 0 Å². The minimum Gasteiger partial charge on any atom is -0.480 e. The molecule has 19 heteroatoms. The van der Waals surface area contributed by atoms with Crippen LogP contribution in [0.5, 0.6) is 5.75 Å². The molecule has 6 aliphatic rings. The molecule has 2 aliphatic carbocycles. The highest BCUT2D eigenvalue weighted by molar-refractivity contribution is 6.33. The average molecular weight is 914 g/mol. The van der Waals surface area contributed by atoms with Crippen molar-refractivity contribution in [3.05, 3.63) is 63.4 Å². The number of rotatable bonds is 8. The fourth-order valence-electron chi connectivity index (χ4n) is 11.0. The van der Waals surface area contributed by atoms with E-state index in [0.29, 0.717) is 42.9 Å². The van der Waals surface area contributed by atoms with Crippen LogP contribution in [0.4, 0.5) is 42.0 Å². The van der Waals surface area contributed by atoms with Crippen LogP contribution in [0, 0.1) is 23.1 Å². The number of amides is 2.